The predicted molar refractivity (Wildman–Crippen MR) is 71.6 cm³/mol. The highest BCUT2D eigenvalue weighted by Gasteiger charge is 2.21. The third-order valence-electron chi connectivity index (χ3n) is 3.36. The highest BCUT2D eigenvalue weighted by Crippen LogP contribution is 2.25. The summed E-state index contributed by atoms with van der Waals surface area (Å²) in [5.41, 5.74) is 0.832. The van der Waals surface area contributed by atoms with Gasteiger partial charge in [-0.15, -0.1) is 0 Å². The minimum absolute atomic E-state index is 0.202. The summed E-state index contributed by atoms with van der Waals surface area (Å²) in [6.45, 7) is 0.824. The first-order valence-electron chi connectivity index (χ1n) is 6.70. The molecule has 0 aliphatic heterocycles. The number of aromatic nitrogens is 3. The molecule has 0 bridgehead atoms. The quantitative estimate of drug-likeness (QED) is 0.874. The molecule has 0 unspecified atom stereocenters. The van der Waals surface area contributed by atoms with Crippen molar-refractivity contribution in [2.75, 3.05) is 0 Å². The number of ether oxygens (including phenoxy) is 1. The van der Waals surface area contributed by atoms with Gasteiger partial charge in [0.25, 0.3) is 0 Å². The summed E-state index contributed by atoms with van der Waals surface area (Å²) >= 11 is 0. The zero-order chi connectivity index (χ0) is 13.9. The van der Waals surface area contributed by atoms with E-state index in [9.17, 15) is 4.39 Å². The number of nitrogens with zero attached hydrogens (tertiary/aromatic N) is 3. The summed E-state index contributed by atoms with van der Waals surface area (Å²) in [7, 11) is 1.78. The Morgan fingerprint density at radius 2 is 2.30 bits per heavy atom. The molecule has 1 aliphatic rings. The van der Waals surface area contributed by atoms with Crippen molar-refractivity contribution in [2.24, 2.45) is 7.05 Å². The number of hydrogen-bond acceptors (Lipinski definition) is 4. The normalized spacial score (nSPS) is 14.5. The largest absolute Gasteiger partial charge is 0.482 e. The molecule has 6 heteroatoms. The van der Waals surface area contributed by atoms with Crippen LogP contribution in [0.25, 0.3) is 0 Å². The molecule has 1 N–H and O–H groups in total. The Morgan fingerprint density at radius 1 is 1.45 bits per heavy atom. The topological polar surface area (TPSA) is 52.0 Å². The molecule has 1 heterocycles. The number of aryl methyl sites for hydroxylation is 1. The Balaban J connectivity index is 1.71. The molecule has 1 fully saturated rings. The number of hydrogen-bond donors (Lipinski definition) is 1. The second-order valence-electron chi connectivity index (χ2n) is 4.97. The number of halogens is 1. The Labute approximate surface area is 116 Å². The van der Waals surface area contributed by atoms with Crippen LogP contribution in [-0.4, -0.2) is 20.8 Å². The fraction of sp³-hybridized carbons (Fsp3) is 0.429. The SMILES string of the molecule is Cn1ncnc1COc1c(F)cccc1CNC1CC1. The average Bonchev–Trinajstić information content (AvgIpc) is 3.18. The Morgan fingerprint density at radius 3 is 3.00 bits per heavy atom. The lowest BCUT2D eigenvalue weighted by Gasteiger charge is -2.12. The molecule has 0 spiro atoms. The van der Waals surface area contributed by atoms with Crippen LogP contribution in [0.3, 0.4) is 0 Å². The van der Waals surface area contributed by atoms with Gasteiger partial charge in [-0.1, -0.05) is 12.1 Å². The van der Waals surface area contributed by atoms with Gasteiger partial charge in [0.05, 0.1) is 0 Å². The molecule has 2 aromatic rings. The first-order chi connectivity index (χ1) is 9.74. The monoisotopic (exact) mass is 276 g/mol. The van der Waals surface area contributed by atoms with E-state index in [1.165, 1.54) is 25.2 Å². The van der Waals surface area contributed by atoms with Gasteiger partial charge in [0, 0.05) is 25.2 Å². The Kier molecular flexibility index (Phi) is 3.64. The summed E-state index contributed by atoms with van der Waals surface area (Å²) < 4.78 is 21.1. The first-order valence-corrected chi connectivity index (χ1v) is 6.70. The van der Waals surface area contributed by atoms with Crippen molar-refractivity contribution in [3.8, 4) is 5.75 Å². The lowest BCUT2D eigenvalue weighted by Crippen LogP contribution is -2.16. The van der Waals surface area contributed by atoms with Crippen LogP contribution in [0.2, 0.25) is 0 Å². The van der Waals surface area contributed by atoms with Crippen molar-refractivity contribution in [3.63, 3.8) is 0 Å². The number of rotatable bonds is 6. The zero-order valence-electron chi connectivity index (χ0n) is 11.3. The van der Waals surface area contributed by atoms with Gasteiger partial charge in [0.15, 0.2) is 17.4 Å². The van der Waals surface area contributed by atoms with Crippen molar-refractivity contribution >= 4 is 0 Å². The van der Waals surface area contributed by atoms with E-state index in [4.69, 9.17) is 4.74 Å². The Hall–Kier alpha value is -1.95. The van der Waals surface area contributed by atoms with Gasteiger partial charge in [-0.25, -0.2) is 9.37 Å². The molecule has 0 saturated heterocycles. The highest BCUT2D eigenvalue weighted by atomic mass is 19.1. The lowest BCUT2D eigenvalue weighted by molar-refractivity contribution is 0.272. The molecular formula is C14H17FN4O. The van der Waals surface area contributed by atoms with Crippen LogP contribution in [0.4, 0.5) is 4.39 Å². The van der Waals surface area contributed by atoms with Gasteiger partial charge in [0.1, 0.15) is 12.9 Å². The maximum Gasteiger partial charge on any atom is 0.165 e. The molecule has 0 atom stereocenters. The summed E-state index contributed by atoms with van der Waals surface area (Å²) in [5, 5.41) is 7.33. The summed E-state index contributed by atoms with van der Waals surface area (Å²) in [6, 6.07) is 5.57. The molecule has 1 aromatic carbocycles. The highest BCUT2D eigenvalue weighted by molar-refractivity contribution is 5.35. The molecule has 1 saturated carbocycles. The standard InChI is InChI=1S/C14H17FN4O/c1-19-13(17-9-18-19)8-20-14-10(3-2-4-12(14)15)7-16-11-5-6-11/h2-4,9,11,16H,5-8H2,1H3. The smallest absolute Gasteiger partial charge is 0.165 e. The van der Waals surface area contributed by atoms with Gasteiger partial charge in [-0.3, -0.25) is 4.68 Å². The van der Waals surface area contributed by atoms with E-state index >= 15 is 0 Å². The molecular weight excluding hydrogens is 259 g/mol. The molecule has 20 heavy (non-hydrogen) atoms. The predicted octanol–water partition coefficient (Wildman–Crippen LogP) is 1.79. The minimum atomic E-state index is -0.345. The summed E-state index contributed by atoms with van der Waals surface area (Å²) in [6.07, 6.45) is 3.85. The van der Waals surface area contributed by atoms with Crippen LogP contribution in [-0.2, 0) is 20.2 Å². The zero-order valence-corrected chi connectivity index (χ0v) is 11.3. The van der Waals surface area contributed by atoms with Crippen LogP contribution in [0, 0.1) is 5.82 Å². The second kappa shape index (κ2) is 5.58. The number of nitrogens with one attached hydrogen (secondary N) is 1. The second-order valence-corrected chi connectivity index (χ2v) is 4.97. The Bertz CT molecular complexity index is 595. The van der Waals surface area contributed by atoms with E-state index in [0.29, 0.717) is 24.2 Å². The molecule has 0 radical (unpaired) electrons. The van der Waals surface area contributed by atoms with E-state index in [1.807, 2.05) is 6.07 Å². The molecule has 1 aliphatic carbocycles. The van der Waals surface area contributed by atoms with E-state index in [1.54, 1.807) is 17.8 Å². The summed E-state index contributed by atoms with van der Waals surface area (Å²) in [5.74, 6) is 0.611. The average molecular weight is 276 g/mol. The third kappa shape index (κ3) is 2.96. The first kappa shape index (κ1) is 13.1. The van der Waals surface area contributed by atoms with Gasteiger partial charge < -0.3 is 10.1 Å². The third-order valence-corrected chi connectivity index (χ3v) is 3.36. The minimum Gasteiger partial charge on any atom is -0.482 e. The van der Waals surface area contributed by atoms with Crippen molar-refractivity contribution in [2.45, 2.75) is 32.0 Å². The van der Waals surface area contributed by atoms with Crippen molar-refractivity contribution < 1.29 is 9.13 Å². The molecule has 3 rings (SSSR count). The molecule has 106 valence electrons. The van der Waals surface area contributed by atoms with E-state index < -0.39 is 0 Å². The van der Waals surface area contributed by atoms with Crippen molar-refractivity contribution in [3.05, 3.63) is 41.7 Å². The van der Waals surface area contributed by atoms with Crippen LogP contribution in [0.5, 0.6) is 5.75 Å². The van der Waals surface area contributed by atoms with Crippen LogP contribution in [0.1, 0.15) is 24.2 Å². The van der Waals surface area contributed by atoms with E-state index in [0.717, 1.165) is 5.56 Å². The number of para-hydroxylation sites is 1. The maximum absolute atomic E-state index is 13.9. The van der Waals surface area contributed by atoms with Crippen LogP contribution >= 0.6 is 0 Å². The number of benzene rings is 1. The van der Waals surface area contributed by atoms with Crippen LogP contribution in [0.15, 0.2) is 24.5 Å². The van der Waals surface area contributed by atoms with Gasteiger partial charge in [-0.05, 0) is 18.9 Å². The maximum atomic E-state index is 13.9. The molecule has 5 nitrogen and oxygen atoms in total. The van der Waals surface area contributed by atoms with Crippen molar-refractivity contribution in [1.29, 1.82) is 0 Å². The molecule has 0 amide bonds. The van der Waals surface area contributed by atoms with Gasteiger partial charge in [-0.2, -0.15) is 5.10 Å². The summed E-state index contributed by atoms with van der Waals surface area (Å²) in [4.78, 5) is 4.06. The lowest BCUT2D eigenvalue weighted by atomic mass is 10.2. The van der Waals surface area contributed by atoms with Gasteiger partial charge >= 0.3 is 0 Å². The van der Waals surface area contributed by atoms with Crippen LogP contribution < -0.4 is 10.1 Å². The fourth-order valence-corrected chi connectivity index (χ4v) is 1.98. The van der Waals surface area contributed by atoms with E-state index in [-0.39, 0.29) is 12.4 Å². The van der Waals surface area contributed by atoms with Crippen molar-refractivity contribution in [1.82, 2.24) is 20.1 Å². The fourth-order valence-electron chi connectivity index (χ4n) is 1.98. The van der Waals surface area contributed by atoms with E-state index in [2.05, 4.69) is 15.4 Å². The molecule has 1 aromatic heterocycles. The van der Waals surface area contributed by atoms with Gasteiger partial charge in [0.2, 0.25) is 0 Å².